The zero-order valence-corrected chi connectivity index (χ0v) is 17.6. The van der Waals surface area contributed by atoms with Crippen LogP contribution < -0.4 is 0 Å². The number of benzene rings is 2. The molecule has 2 amide bonds. The van der Waals surface area contributed by atoms with Gasteiger partial charge in [0.25, 0.3) is 5.91 Å². The van der Waals surface area contributed by atoms with Crippen LogP contribution >= 0.6 is 24.0 Å². The number of rotatable bonds is 6. The molecule has 6 nitrogen and oxygen atoms in total. The molecule has 3 rings (SSSR count). The fourth-order valence-electron chi connectivity index (χ4n) is 2.77. The molecule has 0 saturated carbocycles. The van der Waals surface area contributed by atoms with Crippen LogP contribution in [0.15, 0.2) is 53.4 Å². The van der Waals surface area contributed by atoms with E-state index < -0.39 is 12.0 Å². The van der Waals surface area contributed by atoms with E-state index >= 15 is 0 Å². The highest BCUT2D eigenvalue weighted by Gasteiger charge is 2.34. The van der Waals surface area contributed by atoms with Gasteiger partial charge in [-0.2, -0.15) is 0 Å². The number of hydrogen-bond donors (Lipinski definition) is 2. The first-order chi connectivity index (χ1) is 14.2. The third-order valence-electron chi connectivity index (χ3n) is 4.49. The number of likely N-dealkylation sites (N-methyl/N-ethyl adjacent to an activating group) is 1. The van der Waals surface area contributed by atoms with E-state index in [9.17, 15) is 24.2 Å². The van der Waals surface area contributed by atoms with Crippen LogP contribution in [0, 0.1) is 5.82 Å². The molecule has 0 unspecified atom stereocenters. The predicted molar refractivity (Wildman–Crippen MR) is 117 cm³/mol. The van der Waals surface area contributed by atoms with Crippen LogP contribution in [0.1, 0.15) is 17.2 Å². The van der Waals surface area contributed by atoms with Crippen molar-refractivity contribution in [3.05, 3.63) is 70.4 Å². The van der Waals surface area contributed by atoms with Gasteiger partial charge in [0, 0.05) is 7.05 Å². The van der Waals surface area contributed by atoms with E-state index in [1.807, 2.05) is 0 Å². The predicted octanol–water partition coefficient (Wildman–Crippen LogP) is 2.92. The van der Waals surface area contributed by atoms with E-state index in [1.54, 1.807) is 30.3 Å². The summed E-state index contributed by atoms with van der Waals surface area (Å²) in [6.45, 7) is -0.228. The highest BCUT2D eigenvalue weighted by atomic mass is 32.2. The van der Waals surface area contributed by atoms with E-state index in [0.29, 0.717) is 16.0 Å². The number of carbonyl (C=O) groups excluding carboxylic acids is 2. The Balaban J connectivity index is 1.62. The number of nitrogens with zero attached hydrogens (tertiary/aromatic N) is 2. The quantitative estimate of drug-likeness (QED) is 0.525. The van der Waals surface area contributed by atoms with Crippen molar-refractivity contribution in [2.45, 2.75) is 6.10 Å². The van der Waals surface area contributed by atoms with Gasteiger partial charge in [-0.1, -0.05) is 48.2 Å². The van der Waals surface area contributed by atoms with Gasteiger partial charge < -0.3 is 15.1 Å². The minimum Gasteiger partial charge on any atom is -0.508 e. The summed E-state index contributed by atoms with van der Waals surface area (Å²) < 4.78 is 13.3. The maximum absolute atomic E-state index is 13.0. The molecule has 1 fully saturated rings. The molecule has 30 heavy (non-hydrogen) atoms. The molecule has 2 aromatic rings. The Bertz CT molecular complexity index is 993. The van der Waals surface area contributed by atoms with Crippen LogP contribution in [-0.4, -0.2) is 56.3 Å². The van der Waals surface area contributed by atoms with E-state index in [2.05, 4.69) is 0 Å². The van der Waals surface area contributed by atoms with Crippen LogP contribution in [0.25, 0.3) is 6.08 Å². The fourth-order valence-corrected chi connectivity index (χ4v) is 4.02. The van der Waals surface area contributed by atoms with Crippen molar-refractivity contribution in [2.75, 3.05) is 20.1 Å². The third kappa shape index (κ3) is 5.24. The number of hydrogen-bond acceptors (Lipinski definition) is 6. The first-order valence-corrected chi connectivity index (χ1v) is 10.2. The minimum atomic E-state index is -0.941. The molecule has 1 heterocycles. The molecule has 0 spiro atoms. The SMILES string of the molecule is CN(C[C@H](O)c1ccc(O)cc1)C(=O)CN1C(=O)/C(=C/c2ccc(F)cc2)SC1=S. The van der Waals surface area contributed by atoms with Gasteiger partial charge in [-0.25, -0.2) is 4.39 Å². The van der Waals surface area contributed by atoms with Gasteiger partial charge in [0.05, 0.1) is 17.6 Å². The first-order valence-electron chi connectivity index (χ1n) is 8.96. The summed E-state index contributed by atoms with van der Waals surface area (Å²) in [5, 5.41) is 19.6. The second-order valence-electron chi connectivity index (χ2n) is 6.70. The van der Waals surface area contributed by atoms with E-state index in [4.69, 9.17) is 12.2 Å². The fraction of sp³-hybridized carbons (Fsp3) is 0.190. The molecule has 9 heteroatoms. The minimum absolute atomic E-state index is 0.0177. The molecule has 0 aliphatic carbocycles. The Hall–Kier alpha value is -2.75. The molecular formula is C21H19FN2O4S2. The number of phenols is 1. The summed E-state index contributed by atoms with van der Waals surface area (Å²) in [7, 11) is 1.53. The van der Waals surface area contributed by atoms with Crippen molar-refractivity contribution < 1.29 is 24.2 Å². The Labute approximate surface area is 182 Å². The smallest absolute Gasteiger partial charge is 0.266 e. The second-order valence-corrected chi connectivity index (χ2v) is 8.38. The maximum atomic E-state index is 13.0. The molecule has 1 atom stereocenters. The van der Waals surface area contributed by atoms with Crippen LogP contribution in [0.5, 0.6) is 5.75 Å². The molecular weight excluding hydrogens is 427 g/mol. The third-order valence-corrected chi connectivity index (χ3v) is 5.86. The zero-order valence-electron chi connectivity index (χ0n) is 16.0. The van der Waals surface area contributed by atoms with E-state index in [0.717, 1.165) is 11.8 Å². The van der Waals surface area contributed by atoms with Gasteiger partial charge in [-0.05, 0) is 41.5 Å². The number of halogens is 1. The zero-order chi connectivity index (χ0) is 21.8. The van der Waals surface area contributed by atoms with Crippen LogP contribution in [0.2, 0.25) is 0 Å². The number of amides is 2. The molecule has 1 saturated heterocycles. The Kier molecular flexibility index (Phi) is 6.86. The topological polar surface area (TPSA) is 81.1 Å². The number of phenolic OH excluding ortho intramolecular Hbond substituents is 1. The number of aromatic hydroxyl groups is 1. The summed E-state index contributed by atoms with van der Waals surface area (Å²) in [4.78, 5) is 28.1. The summed E-state index contributed by atoms with van der Waals surface area (Å²) in [5.74, 6) is -1.07. The number of thiocarbonyl (C=S) groups is 1. The molecule has 0 bridgehead atoms. The van der Waals surface area contributed by atoms with Gasteiger partial charge in [-0.15, -0.1) is 0 Å². The maximum Gasteiger partial charge on any atom is 0.266 e. The van der Waals surface area contributed by atoms with Gasteiger partial charge in [0.15, 0.2) is 0 Å². The Morgan fingerprint density at radius 3 is 2.50 bits per heavy atom. The van der Waals surface area contributed by atoms with Crippen LogP contribution in [0.3, 0.4) is 0 Å². The molecule has 1 aliphatic heterocycles. The van der Waals surface area contributed by atoms with Crippen molar-refractivity contribution in [2.24, 2.45) is 0 Å². The number of aliphatic hydroxyl groups is 1. The standard InChI is InChI=1S/C21H19FN2O4S2/c1-23(11-17(26)14-4-8-16(25)9-5-14)19(27)12-24-20(28)18(30-21(24)29)10-13-2-6-15(22)7-3-13/h2-10,17,25-26H,11-12H2,1H3/b18-10-/t17-/m0/s1. The van der Waals surface area contributed by atoms with Crippen LogP contribution in [0.4, 0.5) is 4.39 Å². The largest absolute Gasteiger partial charge is 0.508 e. The first kappa shape index (κ1) is 21.9. The number of aliphatic hydroxyl groups excluding tert-OH is 1. The van der Waals surface area contributed by atoms with Crippen LogP contribution in [-0.2, 0) is 9.59 Å². The normalized spacial score (nSPS) is 16.2. The number of thioether (sulfide) groups is 1. The van der Waals surface area contributed by atoms with Crippen molar-refractivity contribution in [3.8, 4) is 5.75 Å². The number of carbonyl (C=O) groups is 2. The Morgan fingerprint density at radius 1 is 1.23 bits per heavy atom. The molecule has 2 N–H and O–H groups in total. The second kappa shape index (κ2) is 9.38. The Morgan fingerprint density at radius 2 is 1.87 bits per heavy atom. The summed E-state index contributed by atoms with van der Waals surface area (Å²) in [6, 6.07) is 11.7. The molecule has 2 aromatic carbocycles. The van der Waals surface area contributed by atoms with E-state index in [-0.39, 0.29) is 34.9 Å². The highest BCUT2D eigenvalue weighted by molar-refractivity contribution is 8.26. The molecule has 1 aliphatic rings. The monoisotopic (exact) mass is 446 g/mol. The lowest BCUT2D eigenvalue weighted by Gasteiger charge is -2.23. The lowest BCUT2D eigenvalue weighted by molar-refractivity contribution is -0.135. The lowest BCUT2D eigenvalue weighted by atomic mass is 10.1. The van der Waals surface area contributed by atoms with Gasteiger partial charge in [-0.3, -0.25) is 14.5 Å². The summed E-state index contributed by atoms with van der Waals surface area (Å²) in [6.07, 6.45) is 0.658. The average Bonchev–Trinajstić information content (AvgIpc) is 2.97. The van der Waals surface area contributed by atoms with Crippen molar-refractivity contribution >= 4 is 46.2 Å². The van der Waals surface area contributed by atoms with Gasteiger partial charge in [0.2, 0.25) is 5.91 Å². The van der Waals surface area contributed by atoms with Crippen molar-refractivity contribution in [3.63, 3.8) is 0 Å². The van der Waals surface area contributed by atoms with Gasteiger partial charge in [0.1, 0.15) is 22.4 Å². The molecule has 0 aromatic heterocycles. The van der Waals surface area contributed by atoms with E-state index in [1.165, 1.54) is 41.1 Å². The summed E-state index contributed by atoms with van der Waals surface area (Å²) in [5.41, 5.74) is 1.21. The highest BCUT2D eigenvalue weighted by Crippen LogP contribution is 2.32. The summed E-state index contributed by atoms with van der Waals surface area (Å²) >= 11 is 6.31. The average molecular weight is 447 g/mol. The van der Waals surface area contributed by atoms with Crippen molar-refractivity contribution in [1.82, 2.24) is 9.80 Å². The van der Waals surface area contributed by atoms with Gasteiger partial charge >= 0.3 is 0 Å². The van der Waals surface area contributed by atoms with Crippen molar-refractivity contribution in [1.29, 1.82) is 0 Å². The molecule has 156 valence electrons. The molecule has 0 radical (unpaired) electrons. The lowest BCUT2D eigenvalue weighted by Crippen LogP contribution is -2.41.